The third-order valence-corrected chi connectivity index (χ3v) is 2.83. The Morgan fingerprint density at radius 1 is 1.25 bits per heavy atom. The van der Waals surface area contributed by atoms with Crippen molar-refractivity contribution in [1.29, 1.82) is 0 Å². The fourth-order valence-electron chi connectivity index (χ4n) is 1.49. The number of halogens is 4. The van der Waals surface area contributed by atoms with Gasteiger partial charge < -0.3 is 4.74 Å². The second-order valence-electron chi connectivity index (χ2n) is 3.81. The first-order chi connectivity index (χ1) is 7.47. The molecule has 2 rings (SSSR count). The van der Waals surface area contributed by atoms with Crippen molar-refractivity contribution in [3.05, 3.63) is 28.8 Å². The molecule has 0 amide bonds. The molecule has 5 heteroatoms. The molecule has 0 radical (unpaired) electrons. The Hall–Kier alpha value is -0.900. The molecule has 1 saturated carbocycles. The third-order valence-electron chi connectivity index (χ3n) is 2.59. The molecule has 1 aliphatic rings. The molecule has 16 heavy (non-hydrogen) atoms. The van der Waals surface area contributed by atoms with Crippen LogP contribution in [0.1, 0.15) is 24.8 Å². The summed E-state index contributed by atoms with van der Waals surface area (Å²) in [6.45, 7) is 0. The van der Waals surface area contributed by atoms with Crippen molar-refractivity contribution in [2.75, 3.05) is 0 Å². The van der Waals surface area contributed by atoms with Crippen molar-refractivity contribution in [3.63, 3.8) is 0 Å². The van der Waals surface area contributed by atoms with Crippen LogP contribution in [0.15, 0.2) is 18.2 Å². The molecule has 0 aromatic heterocycles. The lowest BCUT2D eigenvalue weighted by atomic mass is 9.96. The Morgan fingerprint density at radius 2 is 1.94 bits per heavy atom. The lowest BCUT2D eigenvalue weighted by Crippen LogP contribution is -2.25. The molecule has 1 fully saturated rings. The maximum atomic E-state index is 12.7. The zero-order chi connectivity index (χ0) is 11.8. The summed E-state index contributed by atoms with van der Waals surface area (Å²) in [5, 5.41) is 0.0632. The predicted molar refractivity (Wildman–Crippen MR) is 54.7 cm³/mol. The first-order valence-electron chi connectivity index (χ1n) is 5.00. The number of hydrogen-bond donors (Lipinski definition) is 0. The molecule has 1 aliphatic carbocycles. The lowest BCUT2D eigenvalue weighted by Gasteiger charge is -2.27. The zero-order valence-electron chi connectivity index (χ0n) is 8.35. The molecule has 1 aromatic carbocycles. The molecule has 0 aliphatic heterocycles. The fraction of sp³-hybridized carbons (Fsp3) is 0.455. The monoisotopic (exact) mass is 250 g/mol. The van der Waals surface area contributed by atoms with E-state index < -0.39 is 11.7 Å². The van der Waals surface area contributed by atoms with Crippen molar-refractivity contribution in [3.8, 4) is 5.75 Å². The van der Waals surface area contributed by atoms with Gasteiger partial charge in [0.05, 0.1) is 11.7 Å². The quantitative estimate of drug-likeness (QED) is 0.761. The van der Waals surface area contributed by atoms with Gasteiger partial charge in [-0.3, -0.25) is 0 Å². The van der Waals surface area contributed by atoms with Gasteiger partial charge in [-0.2, -0.15) is 13.2 Å². The van der Waals surface area contributed by atoms with Crippen molar-refractivity contribution in [2.45, 2.75) is 31.5 Å². The van der Waals surface area contributed by atoms with Gasteiger partial charge in [-0.15, -0.1) is 0 Å². The maximum absolute atomic E-state index is 12.7. The highest BCUT2D eigenvalue weighted by atomic mass is 35.5. The van der Waals surface area contributed by atoms with Gasteiger partial charge in [0.25, 0.3) is 0 Å². The highest BCUT2D eigenvalue weighted by Crippen LogP contribution is 2.39. The Bertz CT molecular complexity index is 385. The summed E-state index contributed by atoms with van der Waals surface area (Å²) in [6, 6.07) is 3.59. The van der Waals surface area contributed by atoms with E-state index in [1.54, 1.807) is 0 Å². The second kappa shape index (κ2) is 4.17. The number of rotatable bonds is 2. The highest BCUT2D eigenvalue weighted by Gasteiger charge is 2.35. The van der Waals surface area contributed by atoms with Crippen LogP contribution in [0.4, 0.5) is 13.2 Å². The van der Waals surface area contributed by atoms with Crippen LogP contribution in [-0.4, -0.2) is 6.10 Å². The van der Waals surface area contributed by atoms with Crippen LogP contribution >= 0.6 is 11.6 Å². The Labute approximate surface area is 96.2 Å². The molecular formula is C11H10ClF3O. The van der Waals surface area contributed by atoms with Crippen LogP contribution in [-0.2, 0) is 6.18 Å². The summed E-state index contributed by atoms with van der Waals surface area (Å²) >= 11 is 5.55. The molecule has 0 N–H and O–H groups in total. The van der Waals surface area contributed by atoms with Crippen LogP contribution in [0.5, 0.6) is 5.75 Å². The van der Waals surface area contributed by atoms with Gasteiger partial charge in [0.15, 0.2) is 0 Å². The highest BCUT2D eigenvalue weighted by molar-refractivity contribution is 6.30. The van der Waals surface area contributed by atoms with Crippen LogP contribution in [0.3, 0.4) is 0 Å². The molecular weight excluding hydrogens is 241 g/mol. The van der Waals surface area contributed by atoms with Gasteiger partial charge in [-0.1, -0.05) is 11.6 Å². The van der Waals surface area contributed by atoms with Crippen LogP contribution in [0.2, 0.25) is 5.02 Å². The first kappa shape index (κ1) is 11.6. The van der Waals surface area contributed by atoms with Gasteiger partial charge in [0.1, 0.15) is 5.75 Å². The number of benzene rings is 1. The summed E-state index contributed by atoms with van der Waals surface area (Å²) < 4.78 is 43.3. The molecule has 0 unspecified atom stereocenters. The summed E-state index contributed by atoms with van der Waals surface area (Å²) in [5.74, 6) is -0.124. The van der Waals surface area contributed by atoms with Gasteiger partial charge in [0.2, 0.25) is 0 Å². The van der Waals surface area contributed by atoms with E-state index in [1.165, 1.54) is 12.1 Å². The molecule has 1 aromatic rings. The van der Waals surface area contributed by atoms with E-state index in [0.29, 0.717) is 0 Å². The largest absolute Gasteiger partial charge is 0.490 e. The smallest absolute Gasteiger partial charge is 0.420 e. The molecule has 88 valence electrons. The molecule has 0 atom stereocenters. The second-order valence-corrected chi connectivity index (χ2v) is 4.25. The van der Waals surface area contributed by atoms with E-state index >= 15 is 0 Å². The predicted octanol–water partition coefficient (Wildman–Crippen LogP) is 4.29. The molecule has 0 heterocycles. The van der Waals surface area contributed by atoms with E-state index in [0.717, 1.165) is 25.3 Å². The molecule has 0 bridgehead atoms. The minimum atomic E-state index is -4.43. The normalized spacial score (nSPS) is 17.0. The van der Waals surface area contributed by atoms with E-state index in [-0.39, 0.29) is 16.9 Å². The minimum Gasteiger partial charge on any atom is -0.490 e. The Morgan fingerprint density at radius 3 is 2.44 bits per heavy atom. The Balaban J connectivity index is 2.28. The number of alkyl halides is 3. The van der Waals surface area contributed by atoms with Crippen LogP contribution in [0.25, 0.3) is 0 Å². The number of hydrogen-bond acceptors (Lipinski definition) is 1. The lowest BCUT2D eigenvalue weighted by molar-refractivity contribution is -0.139. The topological polar surface area (TPSA) is 9.23 Å². The van der Waals surface area contributed by atoms with Gasteiger partial charge >= 0.3 is 6.18 Å². The maximum Gasteiger partial charge on any atom is 0.420 e. The fourth-order valence-corrected chi connectivity index (χ4v) is 1.67. The van der Waals surface area contributed by atoms with E-state index in [1.807, 2.05) is 0 Å². The van der Waals surface area contributed by atoms with Gasteiger partial charge in [-0.05, 0) is 37.5 Å². The van der Waals surface area contributed by atoms with Crippen LogP contribution < -0.4 is 4.74 Å². The molecule has 0 spiro atoms. The first-order valence-corrected chi connectivity index (χ1v) is 5.38. The third kappa shape index (κ3) is 2.43. The average Bonchev–Trinajstić information content (AvgIpc) is 2.11. The van der Waals surface area contributed by atoms with E-state index in [4.69, 9.17) is 16.3 Å². The van der Waals surface area contributed by atoms with Crippen molar-refractivity contribution in [1.82, 2.24) is 0 Å². The standard InChI is InChI=1S/C11H10ClF3O/c12-7-4-5-10(16-8-2-1-3-8)9(6-7)11(13,14)15/h4-6,8H,1-3H2. The summed E-state index contributed by atoms with van der Waals surface area (Å²) in [4.78, 5) is 0. The van der Waals surface area contributed by atoms with E-state index in [2.05, 4.69) is 0 Å². The summed E-state index contributed by atoms with van der Waals surface area (Å²) in [6.07, 6.45) is -1.86. The van der Waals surface area contributed by atoms with Crippen LogP contribution in [0, 0.1) is 0 Å². The van der Waals surface area contributed by atoms with Crippen molar-refractivity contribution < 1.29 is 17.9 Å². The van der Waals surface area contributed by atoms with Gasteiger partial charge in [0, 0.05) is 5.02 Å². The molecule has 1 nitrogen and oxygen atoms in total. The molecule has 0 saturated heterocycles. The summed E-state index contributed by atoms with van der Waals surface area (Å²) in [7, 11) is 0. The summed E-state index contributed by atoms with van der Waals surface area (Å²) in [5.41, 5.74) is -0.799. The van der Waals surface area contributed by atoms with Crippen molar-refractivity contribution in [2.24, 2.45) is 0 Å². The Kier molecular flexibility index (Phi) is 3.02. The minimum absolute atomic E-state index is 0.0632. The zero-order valence-corrected chi connectivity index (χ0v) is 9.11. The van der Waals surface area contributed by atoms with Gasteiger partial charge in [-0.25, -0.2) is 0 Å². The van der Waals surface area contributed by atoms with E-state index in [9.17, 15) is 13.2 Å². The van der Waals surface area contributed by atoms with Crippen molar-refractivity contribution >= 4 is 11.6 Å². The number of ether oxygens (including phenoxy) is 1. The SMILES string of the molecule is FC(F)(F)c1cc(Cl)ccc1OC1CCC1. The average molecular weight is 251 g/mol.